The molecular weight excluding hydrogens is 529 g/mol. The summed E-state index contributed by atoms with van der Waals surface area (Å²) < 4.78 is 48.5. The highest BCUT2D eigenvalue weighted by Gasteiger charge is 2.26. The molecule has 0 heterocycles. The average molecular weight is 574 g/mol. The Balaban J connectivity index is 1.77. The number of sulfonamides is 1. The SMILES string of the molecule is C=C/C=C(\C=C(/C=C)S(=O)(=O)Nc1cc(F)c(C(=O)O)cc1OC)C1CCCC(C2CCCCCCC2)CCC1. The van der Waals surface area contributed by atoms with Crippen LogP contribution in [-0.4, -0.2) is 26.6 Å². The van der Waals surface area contributed by atoms with Crippen LogP contribution in [-0.2, 0) is 10.0 Å². The molecule has 8 heteroatoms. The third kappa shape index (κ3) is 8.56. The molecule has 1 aromatic rings. The number of allylic oxidation sites excluding steroid dienone is 5. The number of rotatable bonds is 10. The molecule has 0 aromatic heterocycles. The molecular formula is C32H44FNO5S. The zero-order valence-electron chi connectivity index (χ0n) is 23.7. The summed E-state index contributed by atoms with van der Waals surface area (Å²) in [4.78, 5) is 11.2. The molecule has 0 saturated heterocycles. The second-order valence-corrected chi connectivity index (χ2v) is 12.7. The van der Waals surface area contributed by atoms with Crippen molar-refractivity contribution in [3.63, 3.8) is 0 Å². The maximum atomic E-state index is 14.4. The molecule has 0 amide bonds. The number of benzene rings is 1. The van der Waals surface area contributed by atoms with Crippen LogP contribution in [0.5, 0.6) is 5.75 Å². The molecule has 2 aliphatic rings. The summed E-state index contributed by atoms with van der Waals surface area (Å²) in [5, 5.41) is 9.18. The van der Waals surface area contributed by atoms with Gasteiger partial charge in [0.15, 0.2) is 0 Å². The number of hydrogen-bond acceptors (Lipinski definition) is 4. The van der Waals surface area contributed by atoms with Gasteiger partial charge in [0.25, 0.3) is 10.0 Å². The highest BCUT2D eigenvalue weighted by atomic mass is 32.2. The van der Waals surface area contributed by atoms with Gasteiger partial charge in [0.05, 0.1) is 23.3 Å². The van der Waals surface area contributed by atoms with Crippen molar-refractivity contribution in [3.8, 4) is 5.75 Å². The molecule has 2 N–H and O–H groups in total. The lowest BCUT2D eigenvalue weighted by Gasteiger charge is -2.32. The number of carboxylic acid groups (broad SMARTS) is 1. The Morgan fingerprint density at radius 3 is 2.08 bits per heavy atom. The van der Waals surface area contributed by atoms with Crippen LogP contribution in [0.25, 0.3) is 0 Å². The van der Waals surface area contributed by atoms with Crippen LogP contribution < -0.4 is 9.46 Å². The number of methoxy groups -OCH3 is 1. The van der Waals surface area contributed by atoms with Gasteiger partial charge in [0, 0.05) is 6.07 Å². The first-order valence-electron chi connectivity index (χ1n) is 14.5. The standard InChI is InChI=1S/C32H44FNO5S/c1-4-13-26(25-18-11-16-24(17-12-19-25)23-14-9-7-6-8-10-15-23)20-27(5-2)40(37,38)34-30-22-29(33)28(32(35)36)21-31(30)39-3/h4-5,13,20-25,34H,1-2,6-12,14-19H2,3H3,(H,35,36)/b26-13+,27-20+. The molecule has 1 aromatic carbocycles. The van der Waals surface area contributed by atoms with Gasteiger partial charge in [0.1, 0.15) is 11.6 Å². The number of ether oxygens (including phenoxy) is 1. The van der Waals surface area contributed by atoms with Crippen molar-refractivity contribution in [2.75, 3.05) is 11.8 Å². The van der Waals surface area contributed by atoms with E-state index in [1.807, 2.05) is 6.08 Å². The van der Waals surface area contributed by atoms with Gasteiger partial charge in [-0.05, 0) is 54.4 Å². The summed E-state index contributed by atoms with van der Waals surface area (Å²) in [6, 6.07) is 1.76. The van der Waals surface area contributed by atoms with Crippen LogP contribution >= 0.6 is 0 Å². The normalized spacial score (nSPS) is 22.2. The molecule has 0 radical (unpaired) electrons. The van der Waals surface area contributed by atoms with E-state index in [9.17, 15) is 22.7 Å². The van der Waals surface area contributed by atoms with Gasteiger partial charge in [-0.2, -0.15) is 0 Å². The van der Waals surface area contributed by atoms with Crippen LogP contribution in [0.4, 0.5) is 10.1 Å². The summed E-state index contributed by atoms with van der Waals surface area (Å²) >= 11 is 0. The number of carbonyl (C=O) groups is 1. The van der Waals surface area contributed by atoms with Gasteiger partial charge in [-0.25, -0.2) is 17.6 Å². The smallest absolute Gasteiger partial charge is 0.338 e. The quantitative estimate of drug-likeness (QED) is 0.274. The first kappa shape index (κ1) is 31.7. The van der Waals surface area contributed by atoms with Crippen molar-refractivity contribution in [2.45, 2.75) is 83.5 Å². The van der Waals surface area contributed by atoms with Crippen LogP contribution in [0.15, 0.2) is 60.1 Å². The van der Waals surface area contributed by atoms with E-state index in [0.717, 1.165) is 55.2 Å². The second kappa shape index (κ2) is 15.2. The number of anilines is 1. The predicted molar refractivity (Wildman–Crippen MR) is 160 cm³/mol. The van der Waals surface area contributed by atoms with Crippen LogP contribution in [0.1, 0.15) is 93.8 Å². The van der Waals surface area contributed by atoms with E-state index in [2.05, 4.69) is 17.9 Å². The van der Waals surface area contributed by atoms with E-state index >= 15 is 0 Å². The first-order chi connectivity index (χ1) is 19.2. The molecule has 2 saturated carbocycles. The third-order valence-corrected chi connectivity index (χ3v) is 9.83. The van der Waals surface area contributed by atoms with E-state index in [-0.39, 0.29) is 22.3 Å². The minimum Gasteiger partial charge on any atom is -0.495 e. The Bertz CT molecular complexity index is 1200. The van der Waals surface area contributed by atoms with Gasteiger partial charge in [0.2, 0.25) is 0 Å². The Hall–Kier alpha value is -2.87. The van der Waals surface area contributed by atoms with E-state index in [4.69, 9.17) is 4.74 Å². The summed E-state index contributed by atoms with van der Waals surface area (Å²) in [6.07, 6.45) is 22.6. The third-order valence-electron chi connectivity index (χ3n) is 8.44. The largest absolute Gasteiger partial charge is 0.495 e. The van der Waals surface area contributed by atoms with Crippen molar-refractivity contribution in [2.24, 2.45) is 17.8 Å². The molecule has 40 heavy (non-hydrogen) atoms. The van der Waals surface area contributed by atoms with Crippen molar-refractivity contribution in [1.29, 1.82) is 0 Å². The van der Waals surface area contributed by atoms with Crippen molar-refractivity contribution >= 4 is 21.7 Å². The van der Waals surface area contributed by atoms with Crippen molar-refractivity contribution in [1.82, 2.24) is 0 Å². The van der Waals surface area contributed by atoms with Gasteiger partial charge < -0.3 is 9.84 Å². The highest BCUT2D eigenvalue weighted by molar-refractivity contribution is 7.96. The van der Waals surface area contributed by atoms with Gasteiger partial charge in [-0.3, -0.25) is 4.72 Å². The Labute approximate surface area is 239 Å². The lowest BCUT2D eigenvalue weighted by atomic mass is 9.74. The molecule has 0 aliphatic heterocycles. The van der Waals surface area contributed by atoms with Crippen molar-refractivity contribution < 1.29 is 27.4 Å². The van der Waals surface area contributed by atoms with Gasteiger partial charge in [-0.15, -0.1) is 0 Å². The topological polar surface area (TPSA) is 92.7 Å². The second-order valence-electron chi connectivity index (χ2n) is 11.0. The molecule has 0 unspecified atom stereocenters. The fraction of sp³-hybridized carbons (Fsp3) is 0.531. The maximum Gasteiger partial charge on any atom is 0.338 e. The number of nitrogens with one attached hydrogen (secondary N) is 1. The minimum atomic E-state index is -4.18. The number of aromatic carboxylic acids is 1. The lowest BCUT2D eigenvalue weighted by molar-refractivity contribution is 0.0691. The summed E-state index contributed by atoms with van der Waals surface area (Å²) in [6.45, 7) is 7.55. The molecule has 0 atom stereocenters. The average Bonchev–Trinajstić information content (AvgIpc) is 2.86. The molecule has 0 bridgehead atoms. The summed E-state index contributed by atoms with van der Waals surface area (Å²) in [7, 11) is -2.93. The highest BCUT2D eigenvalue weighted by Crippen LogP contribution is 2.39. The Kier molecular flexibility index (Phi) is 12.0. The molecule has 2 aliphatic carbocycles. The van der Waals surface area contributed by atoms with Crippen LogP contribution in [0.3, 0.4) is 0 Å². The zero-order valence-corrected chi connectivity index (χ0v) is 24.5. The molecule has 3 rings (SSSR count). The summed E-state index contributed by atoms with van der Waals surface area (Å²) in [5.74, 6) is -0.830. The molecule has 6 nitrogen and oxygen atoms in total. The van der Waals surface area contributed by atoms with Gasteiger partial charge in [-0.1, -0.05) is 95.9 Å². The number of halogens is 1. The molecule has 2 fully saturated rings. The predicted octanol–water partition coefficient (Wildman–Crippen LogP) is 8.40. The van der Waals surface area contributed by atoms with Gasteiger partial charge >= 0.3 is 5.97 Å². The first-order valence-corrected chi connectivity index (χ1v) is 16.0. The Morgan fingerprint density at radius 1 is 0.975 bits per heavy atom. The fourth-order valence-electron chi connectivity index (χ4n) is 6.32. The van der Waals surface area contributed by atoms with E-state index in [1.54, 1.807) is 12.2 Å². The van der Waals surface area contributed by atoms with Crippen LogP contribution in [0, 0.1) is 23.6 Å². The van der Waals surface area contributed by atoms with E-state index in [1.165, 1.54) is 71.0 Å². The van der Waals surface area contributed by atoms with E-state index < -0.39 is 27.4 Å². The lowest BCUT2D eigenvalue weighted by Crippen LogP contribution is -2.20. The maximum absolute atomic E-state index is 14.4. The van der Waals surface area contributed by atoms with E-state index in [0.29, 0.717) is 0 Å². The number of carboxylic acids is 1. The number of hydrogen-bond donors (Lipinski definition) is 2. The fourth-order valence-corrected chi connectivity index (χ4v) is 7.40. The van der Waals surface area contributed by atoms with Crippen molar-refractivity contribution in [3.05, 3.63) is 71.5 Å². The molecule has 220 valence electrons. The Morgan fingerprint density at radius 2 is 1.55 bits per heavy atom. The zero-order chi connectivity index (χ0) is 29.1. The minimum absolute atomic E-state index is 0.0696. The van der Waals surface area contributed by atoms with Crippen LogP contribution in [0.2, 0.25) is 0 Å². The molecule has 0 spiro atoms. The summed E-state index contributed by atoms with van der Waals surface area (Å²) in [5.41, 5.74) is 0.0637. The monoisotopic (exact) mass is 573 g/mol.